The highest BCUT2D eigenvalue weighted by Gasteiger charge is 2.40. The van der Waals surface area contributed by atoms with E-state index in [-0.39, 0.29) is 6.54 Å². The van der Waals surface area contributed by atoms with Crippen LogP contribution < -0.4 is 5.32 Å². The van der Waals surface area contributed by atoms with Crippen LogP contribution in [0.5, 0.6) is 0 Å². The zero-order chi connectivity index (χ0) is 13.8. The van der Waals surface area contributed by atoms with E-state index >= 15 is 0 Å². The number of rotatable bonds is 3. The number of carbonyl (C=O) groups is 2. The molecule has 0 unspecified atom stereocenters. The number of alkyl carbamates (subject to hydrolysis) is 1. The molecule has 18 heavy (non-hydrogen) atoms. The third-order valence-electron chi connectivity index (χ3n) is 2.87. The lowest BCUT2D eigenvalue weighted by Gasteiger charge is -2.33. The fraction of sp³-hybridized carbons (Fsp3) is 0.833. The lowest BCUT2D eigenvalue weighted by Crippen LogP contribution is -2.46. The molecule has 1 rings (SSSR count). The number of hydrogen-bond acceptors (Lipinski definition) is 4. The fourth-order valence-electron chi connectivity index (χ4n) is 1.78. The van der Waals surface area contributed by atoms with Crippen molar-refractivity contribution in [3.05, 3.63) is 0 Å². The second-order valence-electron chi connectivity index (χ2n) is 5.55. The molecule has 0 atom stereocenters. The number of nitrogens with one attached hydrogen (secondary N) is 1. The molecular formula is C12H21NO4S. The second kappa shape index (κ2) is 5.82. The van der Waals surface area contributed by atoms with Crippen molar-refractivity contribution in [2.75, 3.05) is 18.1 Å². The Morgan fingerprint density at radius 2 is 1.89 bits per heavy atom. The van der Waals surface area contributed by atoms with Crippen LogP contribution >= 0.6 is 11.8 Å². The van der Waals surface area contributed by atoms with Crippen molar-refractivity contribution in [1.29, 1.82) is 0 Å². The lowest BCUT2D eigenvalue weighted by molar-refractivity contribution is -0.149. The molecule has 104 valence electrons. The molecule has 6 heteroatoms. The predicted octanol–water partition coefficient (Wildman–Crippen LogP) is 2.11. The van der Waals surface area contributed by atoms with Gasteiger partial charge in [0.15, 0.2) is 0 Å². The third-order valence-corrected chi connectivity index (χ3v) is 3.86. The molecule has 1 heterocycles. The summed E-state index contributed by atoms with van der Waals surface area (Å²) in [6, 6.07) is 0. The van der Waals surface area contributed by atoms with Gasteiger partial charge < -0.3 is 15.2 Å². The molecule has 0 aromatic carbocycles. The zero-order valence-corrected chi connectivity index (χ0v) is 11.9. The monoisotopic (exact) mass is 275 g/mol. The number of thioether (sulfide) groups is 1. The van der Waals surface area contributed by atoms with E-state index < -0.39 is 23.1 Å². The molecule has 0 bridgehead atoms. The van der Waals surface area contributed by atoms with Crippen LogP contribution in [0.25, 0.3) is 0 Å². The first-order valence-electron chi connectivity index (χ1n) is 6.03. The summed E-state index contributed by atoms with van der Waals surface area (Å²) in [6.45, 7) is 5.46. The van der Waals surface area contributed by atoms with Crippen LogP contribution in [0.4, 0.5) is 4.79 Å². The lowest BCUT2D eigenvalue weighted by atomic mass is 9.82. The highest BCUT2D eigenvalue weighted by molar-refractivity contribution is 7.99. The van der Waals surface area contributed by atoms with Gasteiger partial charge in [-0.15, -0.1) is 0 Å². The molecule has 0 aromatic heterocycles. The maximum atomic E-state index is 11.5. The first kappa shape index (κ1) is 15.1. The van der Waals surface area contributed by atoms with Crippen LogP contribution in [0.1, 0.15) is 33.6 Å². The number of hydrogen-bond donors (Lipinski definition) is 2. The molecule has 1 aliphatic rings. The van der Waals surface area contributed by atoms with E-state index in [0.29, 0.717) is 12.8 Å². The van der Waals surface area contributed by atoms with Gasteiger partial charge in [-0.25, -0.2) is 4.79 Å². The van der Waals surface area contributed by atoms with Crippen LogP contribution in [0.2, 0.25) is 0 Å². The number of amides is 1. The normalized spacial score (nSPS) is 19.1. The van der Waals surface area contributed by atoms with Crippen molar-refractivity contribution < 1.29 is 19.4 Å². The summed E-state index contributed by atoms with van der Waals surface area (Å²) in [5, 5.41) is 11.9. The van der Waals surface area contributed by atoms with Crippen molar-refractivity contribution in [1.82, 2.24) is 5.32 Å². The number of carbonyl (C=O) groups excluding carboxylic acids is 1. The molecule has 0 aromatic rings. The number of carboxylic acids is 1. The van der Waals surface area contributed by atoms with Gasteiger partial charge in [0.25, 0.3) is 0 Å². The number of carboxylic acid groups (broad SMARTS) is 1. The van der Waals surface area contributed by atoms with Crippen molar-refractivity contribution in [3.63, 3.8) is 0 Å². The summed E-state index contributed by atoms with van der Waals surface area (Å²) in [5.74, 6) is 0.809. The molecule has 1 fully saturated rings. The molecule has 0 aliphatic carbocycles. The Morgan fingerprint density at radius 1 is 1.33 bits per heavy atom. The Bertz CT molecular complexity index is 319. The molecule has 2 N–H and O–H groups in total. The molecule has 0 saturated carbocycles. The van der Waals surface area contributed by atoms with E-state index in [1.165, 1.54) is 0 Å². The van der Waals surface area contributed by atoms with E-state index in [1.807, 2.05) is 0 Å². The van der Waals surface area contributed by atoms with Crippen LogP contribution in [-0.4, -0.2) is 40.8 Å². The second-order valence-corrected chi connectivity index (χ2v) is 6.78. The minimum absolute atomic E-state index is 0.137. The molecule has 5 nitrogen and oxygen atoms in total. The van der Waals surface area contributed by atoms with Gasteiger partial charge in [0.2, 0.25) is 0 Å². The van der Waals surface area contributed by atoms with E-state index in [1.54, 1.807) is 32.5 Å². The van der Waals surface area contributed by atoms with Gasteiger partial charge in [0.05, 0.1) is 5.41 Å². The first-order chi connectivity index (χ1) is 8.25. The van der Waals surface area contributed by atoms with Gasteiger partial charge >= 0.3 is 12.1 Å². The highest BCUT2D eigenvalue weighted by atomic mass is 32.2. The molecule has 1 saturated heterocycles. The topological polar surface area (TPSA) is 75.6 Å². The fourth-order valence-corrected chi connectivity index (χ4v) is 3.06. The van der Waals surface area contributed by atoms with Gasteiger partial charge in [-0.3, -0.25) is 4.79 Å². The van der Waals surface area contributed by atoms with Gasteiger partial charge in [0.1, 0.15) is 5.60 Å². The predicted molar refractivity (Wildman–Crippen MR) is 70.9 cm³/mol. The molecule has 0 radical (unpaired) electrons. The van der Waals surface area contributed by atoms with Crippen molar-refractivity contribution in [3.8, 4) is 0 Å². The van der Waals surface area contributed by atoms with E-state index in [9.17, 15) is 14.7 Å². The summed E-state index contributed by atoms with van der Waals surface area (Å²) >= 11 is 1.75. The summed E-state index contributed by atoms with van der Waals surface area (Å²) in [7, 11) is 0. The Kier molecular flexibility index (Phi) is 4.90. The van der Waals surface area contributed by atoms with Crippen molar-refractivity contribution in [2.45, 2.75) is 39.2 Å². The molecular weight excluding hydrogens is 254 g/mol. The summed E-state index contributed by atoms with van der Waals surface area (Å²) in [5.41, 5.74) is -1.40. The number of aliphatic carboxylic acids is 1. The smallest absolute Gasteiger partial charge is 0.407 e. The largest absolute Gasteiger partial charge is 0.481 e. The van der Waals surface area contributed by atoms with Gasteiger partial charge in [-0.05, 0) is 45.1 Å². The van der Waals surface area contributed by atoms with Gasteiger partial charge in [0, 0.05) is 6.54 Å². The Hall–Kier alpha value is -0.910. The SMILES string of the molecule is CC(C)(C)OC(=O)NCC1(C(=O)O)CCSCC1. The van der Waals surface area contributed by atoms with Crippen LogP contribution in [0.15, 0.2) is 0 Å². The van der Waals surface area contributed by atoms with E-state index in [4.69, 9.17) is 4.74 Å². The molecule has 0 spiro atoms. The maximum Gasteiger partial charge on any atom is 0.407 e. The minimum atomic E-state index is -0.834. The van der Waals surface area contributed by atoms with Gasteiger partial charge in [-0.2, -0.15) is 11.8 Å². The zero-order valence-electron chi connectivity index (χ0n) is 11.1. The summed E-state index contributed by atoms with van der Waals surface area (Å²) in [6.07, 6.45) is 0.618. The van der Waals surface area contributed by atoms with Crippen LogP contribution in [-0.2, 0) is 9.53 Å². The third kappa shape index (κ3) is 4.40. The van der Waals surface area contributed by atoms with Crippen molar-refractivity contribution >= 4 is 23.8 Å². The standard InChI is InChI=1S/C12H21NO4S/c1-11(2,3)17-10(16)13-8-12(9(14)15)4-6-18-7-5-12/h4-8H2,1-3H3,(H,13,16)(H,14,15). The first-order valence-corrected chi connectivity index (χ1v) is 7.19. The quantitative estimate of drug-likeness (QED) is 0.825. The summed E-state index contributed by atoms with van der Waals surface area (Å²) in [4.78, 5) is 22.9. The maximum absolute atomic E-state index is 11.5. The minimum Gasteiger partial charge on any atom is -0.481 e. The highest BCUT2D eigenvalue weighted by Crippen LogP contribution is 2.34. The van der Waals surface area contributed by atoms with Crippen LogP contribution in [0, 0.1) is 5.41 Å². The number of ether oxygens (including phenoxy) is 1. The van der Waals surface area contributed by atoms with E-state index in [0.717, 1.165) is 11.5 Å². The van der Waals surface area contributed by atoms with Crippen LogP contribution in [0.3, 0.4) is 0 Å². The summed E-state index contributed by atoms with van der Waals surface area (Å²) < 4.78 is 5.11. The average molecular weight is 275 g/mol. The average Bonchev–Trinajstić information content (AvgIpc) is 2.25. The van der Waals surface area contributed by atoms with E-state index in [2.05, 4.69) is 5.32 Å². The molecule has 1 amide bonds. The Labute approximate surface area is 112 Å². The Morgan fingerprint density at radius 3 is 2.33 bits per heavy atom. The Balaban J connectivity index is 2.53. The van der Waals surface area contributed by atoms with Gasteiger partial charge in [-0.1, -0.05) is 0 Å². The van der Waals surface area contributed by atoms with Crippen molar-refractivity contribution in [2.24, 2.45) is 5.41 Å². The molecule has 1 aliphatic heterocycles.